The van der Waals surface area contributed by atoms with Gasteiger partial charge in [0.05, 0.1) is 44.6 Å². The van der Waals surface area contributed by atoms with Crippen molar-refractivity contribution in [3.8, 4) is 5.69 Å². The molecular formula is C43H42ClF2N7O3. The number of rotatable bonds is 6. The molecule has 6 heterocycles. The molecule has 0 spiro atoms. The number of imide groups is 1. The van der Waals surface area contributed by atoms with Gasteiger partial charge in [-0.2, -0.15) is 4.98 Å². The Morgan fingerprint density at radius 2 is 1.50 bits per heavy atom. The van der Waals surface area contributed by atoms with E-state index < -0.39 is 34.6 Å². The van der Waals surface area contributed by atoms with E-state index in [4.69, 9.17) is 16.6 Å². The van der Waals surface area contributed by atoms with Crippen LogP contribution in [0, 0.1) is 11.6 Å². The van der Waals surface area contributed by atoms with Crippen molar-refractivity contribution >= 4 is 51.4 Å². The van der Waals surface area contributed by atoms with Crippen molar-refractivity contribution in [1.29, 1.82) is 0 Å². The van der Waals surface area contributed by atoms with Gasteiger partial charge in [0.15, 0.2) is 11.6 Å². The summed E-state index contributed by atoms with van der Waals surface area (Å²) in [5.41, 5.74) is 5.33. The molecule has 3 aromatic carbocycles. The summed E-state index contributed by atoms with van der Waals surface area (Å²) < 4.78 is 32.5. The van der Waals surface area contributed by atoms with Crippen molar-refractivity contribution in [2.75, 3.05) is 54.0 Å². The Labute approximate surface area is 328 Å². The molecule has 9 rings (SSSR count). The number of halogens is 3. The minimum absolute atomic E-state index is 0.0378. The number of carbonyl (C=O) groups is 2. The van der Waals surface area contributed by atoms with Gasteiger partial charge in [-0.3, -0.25) is 28.8 Å². The summed E-state index contributed by atoms with van der Waals surface area (Å²) >= 11 is 6.48. The van der Waals surface area contributed by atoms with Crippen LogP contribution in [0.3, 0.4) is 0 Å². The number of anilines is 3. The lowest BCUT2D eigenvalue weighted by Gasteiger charge is -2.36. The third-order valence-corrected chi connectivity index (χ3v) is 12.4. The van der Waals surface area contributed by atoms with Crippen LogP contribution in [0.25, 0.3) is 16.6 Å². The minimum Gasteiger partial charge on any atom is -0.370 e. The molecule has 0 atom stereocenters. The van der Waals surface area contributed by atoms with Crippen molar-refractivity contribution < 1.29 is 18.4 Å². The molecule has 5 aromatic rings. The molecule has 288 valence electrons. The van der Waals surface area contributed by atoms with Crippen molar-refractivity contribution in [3.05, 3.63) is 117 Å². The zero-order valence-corrected chi connectivity index (χ0v) is 32.2. The second-order valence-electron chi connectivity index (χ2n) is 15.9. The molecule has 3 saturated heterocycles. The number of amides is 2. The standard InChI is InChI=1S/C43H42ClF2N7O3/c1-43(2)31-12-11-29(23-36(31)52-35-6-3-5-32(44)39(35)41(56)48-42(43)52)51-19-17-49(18-20-51)25-28-9-10-30(24-47-28)50-15-13-26(14-16-50)27-21-33(45)40(34(46)22-27)53-37(54)7-4-8-38(53)55/h3,5-6,9-12,21-24,26H,4,7-8,13-20,25H2,1-2H3. The Morgan fingerprint density at radius 1 is 0.821 bits per heavy atom. The van der Waals surface area contributed by atoms with Crippen molar-refractivity contribution in [1.82, 2.24) is 19.4 Å². The topological polar surface area (TPSA) is 94.9 Å². The van der Waals surface area contributed by atoms with Crippen LogP contribution in [0.5, 0.6) is 0 Å². The van der Waals surface area contributed by atoms with E-state index in [0.717, 1.165) is 72.4 Å². The van der Waals surface area contributed by atoms with E-state index in [0.29, 0.717) is 53.2 Å². The molecule has 0 N–H and O–H groups in total. The second kappa shape index (κ2) is 14.1. The number of pyridine rings is 1. The van der Waals surface area contributed by atoms with E-state index in [2.05, 4.69) is 68.4 Å². The fourth-order valence-corrected chi connectivity index (χ4v) is 9.29. The summed E-state index contributed by atoms with van der Waals surface area (Å²) in [5.74, 6) is -2.19. The number of carbonyl (C=O) groups excluding carboxylic acids is 2. The maximum Gasteiger partial charge on any atom is 0.282 e. The first-order chi connectivity index (χ1) is 27.0. The summed E-state index contributed by atoms with van der Waals surface area (Å²) in [6.07, 6.45) is 3.93. The van der Waals surface area contributed by atoms with Gasteiger partial charge in [-0.05, 0) is 98.7 Å². The highest BCUT2D eigenvalue weighted by molar-refractivity contribution is 6.35. The molecule has 2 aromatic heterocycles. The van der Waals surface area contributed by atoms with Crippen LogP contribution < -0.4 is 20.3 Å². The third-order valence-electron chi connectivity index (χ3n) is 12.1. The average molecular weight is 778 g/mol. The summed E-state index contributed by atoms with van der Waals surface area (Å²) in [6.45, 7) is 9.88. The Morgan fingerprint density at radius 3 is 2.18 bits per heavy atom. The van der Waals surface area contributed by atoms with E-state index in [-0.39, 0.29) is 24.3 Å². The molecule has 0 bridgehead atoms. The van der Waals surface area contributed by atoms with Crippen LogP contribution in [0.1, 0.15) is 74.5 Å². The largest absolute Gasteiger partial charge is 0.370 e. The molecule has 3 fully saturated rings. The summed E-state index contributed by atoms with van der Waals surface area (Å²) in [7, 11) is 0. The Balaban J connectivity index is 0.815. The van der Waals surface area contributed by atoms with Gasteiger partial charge < -0.3 is 9.80 Å². The zero-order valence-electron chi connectivity index (χ0n) is 31.4. The predicted molar refractivity (Wildman–Crippen MR) is 213 cm³/mol. The molecule has 4 aliphatic rings. The molecule has 4 aliphatic heterocycles. The first kappa shape index (κ1) is 36.4. The lowest BCUT2D eigenvalue weighted by atomic mass is 9.85. The van der Waals surface area contributed by atoms with Gasteiger partial charge in [0, 0.05) is 64.3 Å². The van der Waals surface area contributed by atoms with Gasteiger partial charge in [-0.15, -0.1) is 0 Å². The number of hydrogen-bond donors (Lipinski definition) is 0. The highest BCUT2D eigenvalue weighted by Gasteiger charge is 2.39. The number of piperazine rings is 1. The number of piperidine rings is 2. The van der Waals surface area contributed by atoms with E-state index >= 15 is 8.78 Å². The van der Waals surface area contributed by atoms with Crippen molar-refractivity contribution in [2.45, 2.75) is 63.8 Å². The van der Waals surface area contributed by atoms with Gasteiger partial charge in [-0.25, -0.2) is 13.7 Å². The molecule has 0 saturated carbocycles. The Bertz CT molecular complexity index is 2420. The molecule has 0 unspecified atom stereocenters. The quantitative estimate of drug-likeness (QED) is 0.169. The Hall–Kier alpha value is -5.20. The van der Waals surface area contributed by atoms with Gasteiger partial charge in [0.25, 0.3) is 5.56 Å². The second-order valence-corrected chi connectivity index (χ2v) is 16.3. The van der Waals surface area contributed by atoms with E-state index in [1.165, 1.54) is 12.1 Å². The summed E-state index contributed by atoms with van der Waals surface area (Å²) in [6, 6.07) is 18.9. The maximum absolute atomic E-state index is 15.2. The van der Waals surface area contributed by atoms with Crippen LogP contribution in [0.2, 0.25) is 5.02 Å². The molecule has 13 heteroatoms. The monoisotopic (exact) mass is 777 g/mol. The SMILES string of the molecule is CC1(C)c2ccc(N3CCN(Cc4ccc(N5CCC(c6cc(F)c(N7C(=O)CCCC7=O)c(F)c6)CC5)cn4)CC3)cc2-n2c1nc(=O)c1c(Cl)cccc12. The van der Waals surface area contributed by atoms with Crippen molar-refractivity contribution in [3.63, 3.8) is 0 Å². The molecule has 0 radical (unpaired) electrons. The van der Waals surface area contributed by atoms with Crippen LogP contribution in [-0.2, 0) is 21.5 Å². The van der Waals surface area contributed by atoms with Crippen LogP contribution in [0.4, 0.5) is 25.8 Å². The smallest absolute Gasteiger partial charge is 0.282 e. The predicted octanol–water partition coefficient (Wildman–Crippen LogP) is 7.10. The van der Waals surface area contributed by atoms with Gasteiger partial charge in [0.1, 0.15) is 11.5 Å². The summed E-state index contributed by atoms with van der Waals surface area (Å²) in [4.78, 5) is 54.7. The lowest BCUT2D eigenvalue weighted by molar-refractivity contribution is -0.129. The van der Waals surface area contributed by atoms with Crippen LogP contribution >= 0.6 is 11.6 Å². The first-order valence-electron chi connectivity index (χ1n) is 19.4. The molecular weight excluding hydrogens is 736 g/mol. The Kier molecular flexibility index (Phi) is 9.16. The maximum atomic E-state index is 15.2. The normalized spacial score (nSPS) is 18.8. The fraction of sp³-hybridized carbons (Fsp3) is 0.372. The average Bonchev–Trinajstić information content (AvgIpc) is 3.41. The minimum atomic E-state index is -0.872. The van der Waals surface area contributed by atoms with E-state index in [1.54, 1.807) is 6.07 Å². The number of hydrogen-bond acceptors (Lipinski definition) is 8. The molecule has 56 heavy (non-hydrogen) atoms. The first-order valence-corrected chi connectivity index (χ1v) is 19.7. The van der Waals surface area contributed by atoms with Gasteiger partial charge in [-0.1, -0.05) is 23.7 Å². The van der Waals surface area contributed by atoms with Crippen molar-refractivity contribution in [2.24, 2.45) is 0 Å². The number of aromatic nitrogens is 3. The van der Waals surface area contributed by atoms with Crippen LogP contribution in [-0.4, -0.2) is 70.5 Å². The number of benzene rings is 3. The fourth-order valence-electron chi connectivity index (χ4n) is 9.04. The summed E-state index contributed by atoms with van der Waals surface area (Å²) in [5, 5.41) is 0.846. The zero-order chi connectivity index (χ0) is 38.9. The number of nitrogens with zero attached hydrogens (tertiary/aromatic N) is 7. The van der Waals surface area contributed by atoms with Gasteiger partial charge >= 0.3 is 0 Å². The van der Waals surface area contributed by atoms with Crippen LogP contribution in [0.15, 0.2) is 71.7 Å². The third kappa shape index (κ3) is 6.23. The lowest BCUT2D eigenvalue weighted by Crippen LogP contribution is -2.46. The molecule has 2 amide bonds. The molecule has 0 aliphatic carbocycles. The highest BCUT2D eigenvalue weighted by atomic mass is 35.5. The van der Waals surface area contributed by atoms with Gasteiger partial charge in [0.2, 0.25) is 11.8 Å². The van der Waals surface area contributed by atoms with E-state index in [9.17, 15) is 14.4 Å². The highest BCUT2D eigenvalue weighted by Crippen LogP contribution is 2.44. The molecule has 10 nitrogen and oxygen atoms in total. The number of fused-ring (bicyclic) bond motifs is 5. The van der Waals surface area contributed by atoms with E-state index in [1.807, 2.05) is 18.3 Å².